The number of morpholine rings is 1. The van der Waals surface area contributed by atoms with Gasteiger partial charge in [-0.05, 0) is 17.7 Å². The van der Waals surface area contributed by atoms with Gasteiger partial charge in [-0.2, -0.15) is 0 Å². The van der Waals surface area contributed by atoms with Gasteiger partial charge in [-0.15, -0.1) is 0 Å². The quantitative estimate of drug-likeness (QED) is 0.907. The van der Waals surface area contributed by atoms with E-state index in [0.717, 1.165) is 12.1 Å². The molecule has 1 fully saturated rings. The Labute approximate surface area is 120 Å². The van der Waals surface area contributed by atoms with Crippen LogP contribution in [0, 0.1) is 11.6 Å². The molecule has 21 heavy (non-hydrogen) atoms. The number of aliphatic carboxylic acids is 1. The van der Waals surface area contributed by atoms with E-state index >= 15 is 0 Å². The van der Waals surface area contributed by atoms with Gasteiger partial charge in [0.25, 0.3) is 0 Å². The molecule has 1 aromatic carbocycles. The highest BCUT2D eigenvalue weighted by Crippen LogP contribution is 2.15. The van der Waals surface area contributed by atoms with Crippen molar-refractivity contribution < 1.29 is 28.2 Å². The number of nitrogens with zero attached hydrogens (tertiary/aromatic N) is 1. The van der Waals surface area contributed by atoms with Crippen molar-refractivity contribution in [3.63, 3.8) is 0 Å². The third-order valence-corrected chi connectivity index (χ3v) is 3.30. The minimum absolute atomic E-state index is 0.104. The van der Waals surface area contributed by atoms with Crippen LogP contribution in [0.5, 0.6) is 0 Å². The lowest BCUT2D eigenvalue weighted by Gasteiger charge is -2.35. The molecule has 1 heterocycles. The molecule has 1 saturated heterocycles. The molecule has 5 nitrogen and oxygen atoms in total. The van der Waals surface area contributed by atoms with Gasteiger partial charge in [0.1, 0.15) is 0 Å². The van der Waals surface area contributed by atoms with E-state index in [1.807, 2.05) is 0 Å². The molecule has 0 saturated carbocycles. The molecular formula is C14H15F2NO4. The van der Waals surface area contributed by atoms with Crippen molar-refractivity contribution in [2.75, 3.05) is 19.8 Å². The van der Waals surface area contributed by atoms with Crippen molar-refractivity contribution in [3.05, 3.63) is 35.4 Å². The summed E-state index contributed by atoms with van der Waals surface area (Å²) in [6.07, 6.45) is -0.309. The summed E-state index contributed by atoms with van der Waals surface area (Å²) in [4.78, 5) is 24.4. The second-order valence-electron chi connectivity index (χ2n) is 4.84. The van der Waals surface area contributed by atoms with E-state index in [-0.39, 0.29) is 25.4 Å². The minimum Gasteiger partial charge on any atom is -0.481 e. The van der Waals surface area contributed by atoms with Crippen molar-refractivity contribution in [3.8, 4) is 0 Å². The zero-order valence-corrected chi connectivity index (χ0v) is 11.2. The second kappa shape index (κ2) is 6.62. The van der Waals surface area contributed by atoms with E-state index < -0.39 is 23.6 Å². The fourth-order valence-electron chi connectivity index (χ4n) is 2.28. The Morgan fingerprint density at radius 3 is 2.76 bits per heavy atom. The highest BCUT2D eigenvalue weighted by atomic mass is 19.2. The summed E-state index contributed by atoms with van der Waals surface area (Å²) in [7, 11) is 0. The molecule has 1 N–H and O–H groups in total. The molecule has 1 unspecified atom stereocenters. The third-order valence-electron chi connectivity index (χ3n) is 3.30. The maximum absolute atomic E-state index is 13.1. The highest BCUT2D eigenvalue weighted by molar-refractivity contribution is 5.80. The van der Waals surface area contributed by atoms with Crippen molar-refractivity contribution in [2.24, 2.45) is 0 Å². The molecule has 1 amide bonds. The summed E-state index contributed by atoms with van der Waals surface area (Å²) in [5, 5.41) is 8.84. The topological polar surface area (TPSA) is 66.8 Å². The first-order valence-corrected chi connectivity index (χ1v) is 6.50. The van der Waals surface area contributed by atoms with Gasteiger partial charge in [-0.3, -0.25) is 9.59 Å². The summed E-state index contributed by atoms with van der Waals surface area (Å²) in [5.41, 5.74) is 0.347. The summed E-state index contributed by atoms with van der Waals surface area (Å²) in [5.74, 6) is -3.32. The van der Waals surface area contributed by atoms with Gasteiger partial charge in [-0.25, -0.2) is 8.78 Å². The molecule has 1 aromatic rings. The number of carboxylic acids is 1. The smallest absolute Gasteiger partial charge is 0.305 e. The molecular weight excluding hydrogens is 284 g/mol. The van der Waals surface area contributed by atoms with Crippen molar-refractivity contribution in [1.29, 1.82) is 0 Å². The Morgan fingerprint density at radius 2 is 2.10 bits per heavy atom. The van der Waals surface area contributed by atoms with Crippen LogP contribution in [-0.2, 0) is 20.7 Å². The monoisotopic (exact) mass is 299 g/mol. The predicted molar refractivity (Wildman–Crippen MR) is 68.6 cm³/mol. The van der Waals surface area contributed by atoms with Crippen LogP contribution >= 0.6 is 0 Å². The van der Waals surface area contributed by atoms with E-state index in [0.29, 0.717) is 18.7 Å². The van der Waals surface area contributed by atoms with Gasteiger partial charge in [-0.1, -0.05) is 6.07 Å². The number of halogens is 2. The average molecular weight is 299 g/mol. The molecule has 7 heteroatoms. The lowest BCUT2D eigenvalue weighted by Crippen LogP contribution is -2.50. The van der Waals surface area contributed by atoms with Crippen molar-refractivity contribution in [1.82, 2.24) is 4.90 Å². The second-order valence-corrected chi connectivity index (χ2v) is 4.84. The summed E-state index contributed by atoms with van der Waals surface area (Å²) >= 11 is 0. The zero-order valence-electron chi connectivity index (χ0n) is 11.2. The van der Waals surface area contributed by atoms with Gasteiger partial charge < -0.3 is 14.7 Å². The zero-order chi connectivity index (χ0) is 15.4. The van der Waals surface area contributed by atoms with Crippen molar-refractivity contribution in [2.45, 2.75) is 18.9 Å². The number of carbonyl (C=O) groups excluding carboxylic acids is 1. The first kappa shape index (κ1) is 15.4. The molecule has 1 atom stereocenters. The summed E-state index contributed by atoms with van der Waals surface area (Å²) < 4.78 is 31.1. The van der Waals surface area contributed by atoms with Gasteiger partial charge >= 0.3 is 5.97 Å². The molecule has 0 spiro atoms. The van der Waals surface area contributed by atoms with E-state index in [4.69, 9.17) is 9.84 Å². The Kier molecular flexibility index (Phi) is 4.85. The lowest BCUT2D eigenvalue weighted by atomic mass is 10.1. The molecule has 0 aliphatic carbocycles. The summed E-state index contributed by atoms with van der Waals surface area (Å²) in [6.45, 7) is 0.788. The van der Waals surface area contributed by atoms with E-state index in [2.05, 4.69) is 0 Å². The third kappa shape index (κ3) is 3.98. The maximum atomic E-state index is 13.1. The number of carboxylic acid groups (broad SMARTS) is 1. The van der Waals surface area contributed by atoms with Gasteiger partial charge in [0.15, 0.2) is 11.6 Å². The Morgan fingerprint density at radius 1 is 1.33 bits per heavy atom. The van der Waals surface area contributed by atoms with Crippen LogP contribution in [0.15, 0.2) is 18.2 Å². The molecule has 0 aromatic heterocycles. The number of carbonyl (C=O) groups is 2. The number of benzene rings is 1. The molecule has 0 bridgehead atoms. The van der Waals surface area contributed by atoms with Crippen LogP contribution < -0.4 is 0 Å². The first-order chi connectivity index (χ1) is 9.97. The molecule has 1 aliphatic heterocycles. The SMILES string of the molecule is O=C(O)CC1COCCN1C(=O)Cc1ccc(F)c(F)c1. The van der Waals surface area contributed by atoms with E-state index in [9.17, 15) is 18.4 Å². The first-order valence-electron chi connectivity index (χ1n) is 6.50. The number of hydrogen-bond acceptors (Lipinski definition) is 3. The predicted octanol–water partition coefficient (Wildman–Crippen LogP) is 1.21. The molecule has 2 rings (SSSR count). The Balaban J connectivity index is 2.06. The van der Waals surface area contributed by atoms with Gasteiger partial charge in [0.05, 0.1) is 32.1 Å². The van der Waals surface area contributed by atoms with Crippen molar-refractivity contribution >= 4 is 11.9 Å². The normalized spacial score (nSPS) is 18.6. The van der Waals surface area contributed by atoms with Crippen LogP contribution in [0.1, 0.15) is 12.0 Å². The highest BCUT2D eigenvalue weighted by Gasteiger charge is 2.29. The largest absolute Gasteiger partial charge is 0.481 e. The number of ether oxygens (including phenoxy) is 1. The Hall–Kier alpha value is -2.02. The van der Waals surface area contributed by atoms with E-state index in [1.165, 1.54) is 11.0 Å². The number of amides is 1. The lowest BCUT2D eigenvalue weighted by molar-refractivity contribution is -0.145. The number of hydrogen-bond donors (Lipinski definition) is 1. The number of rotatable bonds is 4. The maximum Gasteiger partial charge on any atom is 0.305 e. The van der Waals surface area contributed by atoms with Crippen LogP contribution in [-0.4, -0.2) is 47.7 Å². The van der Waals surface area contributed by atoms with E-state index in [1.54, 1.807) is 0 Å². The summed E-state index contributed by atoms with van der Waals surface area (Å²) in [6, 6.07) is 2.74. The molecule has 0 radical (unpaired) electrons. The average Bonchev–Trinajstić information content (AvgIpc) is 2.43. The van der Waals surface area contributed by atoms with Gasteiger partial charge in [0.2, 0.25) is 5.91 Å². The Bertz CT molecular complexity index is 550. The fraction of sp³-hybridized carbons (Fsp3) is 0.429. The van der Waals surface area contributed by atoms with Crippen LogP contribution in [0.25, 0.3) is 0 Å². The van der Waals surface area contributed by atoms with Crippen LogP contribution in [0.4, 0.5) is 8.78 Å². The fourth-order valence-corrected chi connectivity index (χ4v) is 2.28. The standard InChI is InChI=1S/C14H15F2NO4/c15-11-2-1-9(5-12(11)16)6-13(18)17-3-4-21-8-10(17)7-14(19)20/h1-2,5,10H,3-4,6-8H2,(H,19,20). The minimum atomic E-state index is -1.02. The van der Waals surface area contributed by atoms with Crippen LogP contribution in [0.2, 0.25) is 0 Å². The van der Waals surface area contributed by atoms with Crippen LogP contribution in [0.3, 0.4) is 0 Å². The molecule has 1 aliphatic rings. The molecule has 114 valence electrons. The van der Waals surface area contributed by atoms with Gasteiger partial charge in [0, 0.05) is 6.54 Å².